The number of hydrogen-bond donors (Lipinski definition) is 1. The molecule has 0 spiro atoms. The molecule has 0 fully saturated rings. The second-order valence-electron chi connectivity index (χ2n) is 5.16. The van der Waals surface area contributed by atoms with Crippen molar-refractivity contribution in [2.75, 3.05) is 6.61 Å². The van der Waals surface area contributed by atoms with Gasteiger partial charge >= 0.3 is 5.97 Å². The highest BCUT2D eigenvalue weighted by molar-refractivity contribution is 9.10. The van der Waals surface area contributed by atoms with Gasteiger partial charge in [0.1, 0.15) is 5.75 Å². The van der Waals surface area contributed by atoms with E-state index in [4.69, 9.17) is 9.84 Å². The van der Waals surface area contributed by atoms with Gasteiger partial charge in [-0.1, -0.05) is 34.1 Å². The van der Waals surface area contributed by atoms with Gasteiger partial charge in [-0.15, -0.1) is 0 Å². The van der Waals surface area contributed by atoms with Gasteiger partial charge in [-0.05, 0) is 30.3 Å². The molecule has 0 aliphatic carbocycles. The summed E-state index contributed by atoms with van der Waals surface area (Å²) < 4.78 is 7.51. The Hall–Kier alpha value is -2.93. The van der Waals surface area contributed by atoms with Crippen LogP contribution in [0.15, 0.2) is 65.4 Å². The van der Waals surface area contributed by atoms with Crippen molar-refractivity contribution in [1.82, 2.24) is 9.78 Å². The molecule has 1 heterocycles. The predicted molar refractivity (Wildman–Crippen MR) is 94.3 cm³/mol. The second-order valence-corrected chi connectivity index (χ2v) is 6.08. The lowest BCUT2D eigenvalue weighted by Crippen LogP contribution is -2.12. The summed E-state index contributed by atoms with van der Waals surface area (Å²) in [7, 11) is 0. The molecule has 0 aliphatic rings. The fourth-order valence-electron chi connectivity index (χ4n) is 2.26. The molecule has 3 rings (SSSR count). The SMILES string of the molecule is O=C(O)COc1ccc(Br)cc1C(=O)c1cnn(-c2ccccc2)c1. The minimum Gasteiger partial charge on any atom is -0.481 e. The van der Waals surface area contributed by atoms with Crippen molar-refractivity contribution in [2.24, 2.45) is 0 Å². The number of aromatic nitrogens is 2. The number of carbonyl (C=O) groups excluding carboxylic acids is 1. The molecule has 0 atom stereocenters. The number of ether oxygens (including phenoxy) is 1. The summed E-state index contributed by atoms with van der Waals surface area (Å²) in [4.78, 5) is 23.5. The van der Waals surface area contributed by atoms with Crippen LogP contribution in [0.4, 0.5) is 0 Å². The third-order valence-electron chi connectivity index (χ3n) is 3.40. The molecule has 3 aromatic rings. The average Bonchev–Trinajstić information content (AvgIpc) is 3.11. The van der Waals surface area contributed by atoms with Crippen LogP contribution in [0.5, 0.6) is 5.75 Å². The van der Waals surface area contributed by atoms with Gasteiger partial charge in [0, 0.05) is 10.7 Å². The maximum absolute atomic E-state index is 12.8. The molecule has 0 saturated carbocycles. The monoisotopic (exact) mass is 400 g/mol. The number of para-hydroxylation sites is 1. The normalized spacial score (nSPS) is 10.4. The number of carbonyl (C=O) groups is 2. The molecule has 0 unspecified atom stereocenters. The maximum atomic E-state index is 12.8. The number of hydrogen-bond acceptors (Lipinski definition) is 4. The molecule has 126 valence electrons. The van der Waals surface area contributed by atoms with Gasteiger partial charge in [0.15, 0.2) is 12.4 Å². The first-order valence-corrected chi connectivity index (χ1v) is 8.13. The zero-order valence-corrected chi connectivity index (χ0v) is 14.5. The van der Waals surface area contributed by atoms with Crippen molar-refractivity contribution in [3.8, 4) is 11.4 Å². The summed E-state index contributed by atoms with van der Waals surface area (Å²) in [5.74, 6) is -1.20. The van der Waals surface area contributed by atoms with E-state index < -0.39 is 12.6 Å². The quantitative estimate of drug-likeness (QED) is 0.641. The number of rotatable bonds is 6. The molecule has 0 saturated heterocycles. The number of carboxylic acid groups (broad SMARTS) is 1. The van der Waals surface area contributed by atoms with Gasteiger partial charge in [0.05, 0.1) is 23.0 Å². The number of aliphatic carboxylic acids is 1. The van der Waals surface area contributed by atoms with Gasteiger partial charge in [-0.2, -0.15) is 5.10 Å². The Morgan fingerprint density at radius 1 is 1.16 bits per heavy atom. The first kappa shape index (κ1) is 16.9. The fourth-order valence-corrected chi connectivity index (χ4v) is 2.62. The molecular formula is C18H13BrN2O4. The zero-order chi connectivity index (χ0) is 17.8. The highest BCUT2D eigenvalue weighted by atomic mass is 79.9. The third kappa shape index (κ3) is 3.95. The van der Waals surface area contributed by atoms with Crippen molar-refractivity contribution in [1.29, 1.82) is 0 Å². The van der Waals surface area contributed by atoms with E-state index in [1.54, 1.807) is 29.1 Å². The van der Waals surface area contributed by atoms with E-state index in [2.05, 4.69) is 21.0 Å². The summed E-state index contributed by atoms with van der Waals surface area (Å²) in [6, 6.07) is 14.2. The van der Waals surface area contributed by atoms with Crippen molar-refractivity contribution < 1.29 is 19.4 Å². The number of nitrogens with zero attached hydrogens (tertiary/aromatic N) is 2. The van der Waals surface area contributed by atoms with Crippen molar-refractivity contribution >= 4 is 27.7 Å². The lowest BCUT2D eigenvalue weighted by atomic mass is 10.1. The van der Waals surface area contributed by atoms with Gasteiger partial charge in [-0.25, -0.2) is 9.48 Å². The highest BCUT2D eigenvalue weighted by Crippen LogP contribution is 2.26. The Labute approximate surface area is 151 Å². The van der Waals surface area contributed by atoms with E-state index in [0.717, 1.165) is 5.69 Å². The largest absolute Gasteiger partial charge is 0.481 e. The summed E-state index contributed by atoms with van der Waals surface area (Å²) in [6.45, 7) is -0.523. The summed E-state index contributed by atoms with van der Waals surface area (Å²) in [5.41, 5.74) is 1.48. The van der Waals surface area contributed by atoms with E-state index in [1.165, 1.54) is 6.20 Å². The van der Waals surface area contributed by atoms with Crippen LogP contribution < -0.4 is 4.74 Å². The highest BCUT2D eigenvalue weighted by Gasteiger charge is 2.18. The van der Waals surface area contributed by atoms with Gasteiger partial charge in [0.2, 0.25) is 0 Å². The topological polar surface area (TPSA) is 81.4 Å². The van der Waals surface area contributed by atoms with Crippen LogP contribution in [0.1, 0.15) is 15.9 Å². The Morgan fingerprint density at radius 3 is 2.64 bits per heavy atom. The molecule has 25 heavy (non-hydrogen) atoms. The summed E-state index contributed by atoms with van der Waals surface area (Å²) >= 11 is 3.31. The first-order valence-electron chi connectivity index (χ1n) is 7.33. The van der Waals surface area contributed by atoms with E-state index in [0.29, 0.717) is 10.0 Å². The minimum absolute atomic E-state index is 0.211. The van der Waals surface area contributed by atoms with Crippen LogP contribution in [-0.2, 0) is 4.79 Å². The summed E-state index contributed by atoms with van der Waals surface area (Å²) in [5, 5.41) is 13.0. The standard InChI is InChI=1S/C18H13BrN2O4/c19-13-6-7-16(25-11-17(22)23)15(8-13)18(24)12-9-20-21(10-12)14-4-2-1-3-5-14/h1-10H,11H2,(H,22,23). The molecule has 7 heteroatoms. The number of benzene rings is 2. The predicted octanol–water partition coefficient (Wildman–Crippen LogP) is 3.33. The van der Waals surface area contributed by atoms with Crippen molar-refractivity contribution in [2.45, 2.75) is 0 Å². The Balaban J connectivity index is 1.92. The molecule has 6 nitrogen and oxygen atoms in total. The van der Waals surface area contributed by atoms with E-state index in [1.807, 2.05) is 30.3 Å². The number of halogens is 1. The number of ketones is 1. The van der Waals surface area contributed by atoms with Gasteiger partial charge in [-0.3, -0.25) is 4.79 Å². The minimum atomic E-state index is -1.11. The maximum Gasteiger partial charge on any atom is 0.341 e. The van der Waals surface area contributed by atoms with Crippen LogP contribution in [0.25, 0.3) is 5.69 Å². The van der Waals surface area contributed by atoms with Gasteiger partial charge < -0.3 is 9.84 Å². The molecule has 0 amide bonds. The molecule has 0 bridgehead atoms. The molecular weight excluding hydrogens is 388 g/mol. The van der Waals surface area contributed by atoms with Crippen molar-refractivity contribution in [3.63, 3.8) is 0 Å². The Bertz CT molecular complexity index is 922. The fraction of sp³-hybridized carbons (Fsp3) is 0.0556. The molecule has 0 aliphatic heterocycles. The smallest absolute Gasteiger partial charge is 0.341 e. The van der Waals surface area contributed by atoms with E-state index in [-0.39, 0.29) is 17.1 Å². The van der Waals surface area contributed by atoms with E-state index in [9.17, 15) is 9.59 Å². The van der Waals surface area contributed by atoms with Crippen LogP contribution in [0.3, 0.4) is 0 Å². The van der Waals surface area contributed by atoms with Crippen LogP contribution in [0.2, 0.25) is 0 Å². The van der Waals surface area contributed by atoms with Crippen molar-refractivity contribution in [3.05, 3.63) is 76.5 Å². The molecule has 1 N–H and O–H groups in total. The lowest BCUT2D eigenvalue weighted by Gasteiger charge is -2.09. The second kappa shape index (κ2) is 7.31. The molecule has 2 aromatic carbocycles. The lowest BCUT2D eigenvalue weighted by molar-refractivity contribution is -0.139. The third-order valence-corrected chi connectivity index (χ3v) is 3.90. The molecule has 0 radical (unpaired) electrons. The summed E-state index contributed by atoms with van der Waals surface area (Å²) in [6.07, 6.45) is 3.09. The zero-order valence-electron chi connectivity index (χ0n) is 12.9. The molecule has 1 aromatic heterocycles. The van der Waals surface area contributed by atoms with Crippen LogP contribution >= 0.6 is 15.9 Å². The Morgan fingerprint density at radius 2 is 1.92 bits per heavy atom. The number of carboxylic acids is 1. The van der Waals surface area contributed by atoms with Gasteiger partial charge in [0.25, 0.3) is 0 Å². The first-order chi connectivity index (χ1) is 12.0. The Kier molecular flexibility index (Phi) is 4.95. The van der Waals surface area contributed by atoms with E-state index >= 15 is 0 Å². The van der Waals surface area contributed by atoms with Crippen LogP contribution in [-0.4, -0.2) is 33.2 Å². The average molecular weight is 401 g/mol. The van der Waals surface area contributed by atoms with Crippen LogP contribution in [0, 0.1) is 0 Å².